The maximum atomic E-state index is 11.5. The van der Waals surface area contributed by atoms with E-state index in [1.165, 1.54) is 13.3 Å². The summed E-state index contributed by atoms with van der Waals surface area (Å²) in [6, 6.07) is 3.31. The number of hydrogen-bond acceptors (Lipinski definition) is 9. The van der Waals surface area contributed by atoms with Gasteiger partial charge in [-0.05, 0) is 6.07 Å². The average Bonchev–Trinajstić information content (AvgIpc) is 2.91. The summed E-state index contributed by atoms with van der Waals surface area (Å²) in [7, 11) is -2.08. The van der Waals surface area contributed by atoms with Crippen LogP contribution in [0.1, 0.15) is 0 Å². The van der Waals surface area contributed by atoms with Gasteiger partial charge >= 0.3 is 0 Å². The first-order chi connectivity index (χ1) is 10.4. The van der Waals surface area contributed by atoms with E-state index in [0.717, 1.165) is 10.8 Å². The van der Waals surface area contributed by atoms with Gasteiger partial charge in [0.2, 0.25) is 21.6 Å². The van der Waals surface area contributed by atoms with Crippen molar-refractivity contribution in [3.05, 3.63) is 18.3 Å². The zero-order chi connectivity index (χ0) is 15.9. The first kappa shape index (κ1) is 14.1. The molecule has 114 valence electrons. The first-order valence-electron chi connectivity index (χ1n) is 5.99. The quantitative estimate of drug-likeness (QED) is 0.681. The molecule has 0 bridgehead atoms. The number of pyridine rings is 1. The predicted molar refractivity (Wildman–Crippen MR) is 75.9 cm³/mol. The molecular weight excluding hydrogens is 310 g/mol. The largest absolute Gasteiger partial charge is 0.497 e. The van der Waals surface area contributed by atoms with Crippen LogP contribution in [0.2, 0.25) is 0 Å². The molecule has 0 aliphatic rings. The van der Waals surface area contributed by atoms with Crippen molar-refractivity contribution in [1.82, 2.24) is 29.5 Å². The van der Waals surface area contributed by atoms with E-state index in [0.29, 0.717) is 11.4 Å². The second-order valence-corrected chi connectivity index (χ2v) is 6.27. The zero-order valence-electron chi connectivity index (χ0n) is 11.6. The number of fused-ring (bicyclic) bond motifs is 1. The third-order valence-corrected chi connectivity index (χ3v) is 3.59. The third kappa shape index (κ3) is 2.41. The van der Waals surface area contributed by atoms with Crippen LogP contribution >= 0.6 is 0 Å². The molecule has 3 rings (SSSR count). The van der Waals surface area contributed by atoms with Crippen LogP contribution in [0, 0.1) is 0 Å². The highest BCUT2D eigenvalue weighted by molar-refractivity contribution is 7.90. The molecule has 22 heavy (non-hydrogen) atoms. The number of aromatic nitrogens is 6. The van der Waals surface area contributed by atoms with Crippen molar-refractivity contribution < 1.29 is 13.2 Å². The third-order valence-electron chi connectivity index (χ3n) is 2.74. The number of ether oxygens (including phenoxy) is 1. The smallest absolute Gasteiger partial charge is 0.258 e. The van der Waals surface area contributed by atoms with Gasteiger partial charge in [-0.2, -0.15) is 19.5 Å². The molecule has 11 heteroatoms. The molecule has 0 unspecified atom stereocenters. The molecule has 0 aromatic carbocycles. The molecule has 0 atom stereocenters. The van der Waals surface area contributed by atoms with Crippen LogP contribution in [0.3, 0.4) is 0 Å². The number of nitrogens with zero attached hydrogens (tertiary/aromatic N) is 6. The van der Waals surface area contributed by atoms with Gasteiger partial charge in [-0.15, -0.1) is 5.10 Å². The summed E-state index contributed by atoms with van der Waals surface area (Å²) in [5.41, 5.74) is 6.14. The average molecular weight is 321 g/mol. The van der Waals surface area contributed by atoms with Crippen molar-refractivity contribution in [1.29, 1.82) is 0 Å². The van der Waals surface area contributed by atoms with Gasteiger partial charge in [0.1, 0.15) is 11.4 Å². The Morgan fingerprint density at radius 1 is 1.27 bits per heavy atom. The van der Waals surface area contributed by atoms with Gasteiger partial charge in [0.15, 0.2) is 0 Å². The molecule has 0 fully saturated rings. The molecule has 0 spiro atoms. The molecule has 0 radical (unpaired) electrons. The van der Waals surface area contributed by atoms with Crippen molar-refractivity contribution in [2.24, 2.45) is 0 Å². The van der Waals surface area contributed by atoms with E-state index in [1.807, 2.05) is 0 Å². The summed E-state index contributed by atoms with van der Waals surface area (Å²) in [5, 5.41) is 3.72. The van der Waals surface area contributed by atoms with Crippen LogP contribution in [0.4, 0.5) is 5.95 Å². The number of nitrogen functional groups attached to an aromatic ring is 1. The number of methoxy groups -OCH3 is 1. The van der Waals surface area contributed by atoms with E-state index >= 15 is 0 Å². The Balaban J connectivity index is 2.19. The minimum absolute atomic E-state index is 0.0209. The van der Waals surface area contributed by atoms with E-state index in [4.69, 9.17) is 10.5 Å². The SMILES string of the molecule is COc1ccnc(-c2nc3nc(S(C)(=O)=O)nc(N)n3n2)c1. The van der Waals surface area contributed by atoms with Crippen LogP contribution in [-0.2, 0) is 9.84 Å². The Morgan fingerprint density at radius 2 is 2.05 bits per heavy atom. The first-order valence-corrected chi connectivity index (χ1v) is 7.88. The predicted octanol–water partition coefficient (Wildman–Crippen LogP) is -0.424. The molecule has 0 aliphatic heterocycles. The Hall–Kier alpha value is -2.82. The summed E-state index contributed by atoms with van der Waals surface area (Å²) >= 11 is 0. The lowest BCUT2D eigenvalue weighted by Gasteiger charge is -1.99. The fourth-order valence-electron chi connectivity index (χ4n) is 1.72. The lowest BCUT2D eigenvalue weighted by molar-refractivity contribution is 0.414. The van der Waals surface area contributed by atoms with Crippen molar-refractivity contribution in [2.75, 3.05) is 19.1 Å². The lowest BCUT2D eigenvalue weighted by atomic mass is 10.3. The van der Waals surface area contributed by atoms with Crippen LogP contribution in [0.5, 0.6) is 5.75 Å². The molecule has 3 aromatic heterocycles. The normalized spacial score (nSPS) is 11.7. The Labute approximate surface area is 124 Å². The van der Waals surface area contributed by atoms with Crippen molar-refractivity contribution in [3.63, 3.8) is 0 Å². The summed E-state index contributed by atoms with van der Waals surface area (Å²) in [6.07, 6.45) is 2.52. The fraction of sp³-hybridized carbons (Fsp3) is 0.182. The molecule has 0 saturated carbocycles. The maximum Gasteiger partial charge on any atom is 0.258 e. The summed E-state index contributed by atoms with van der Waals surface area (Å²) in [4.78, 5) is 15.8. The maximum absolute atomic E-state index is 11.5. The lowest BCUT2D eigenvalue weighted by Crippen LogP contribution is -2.11. The molecular formula is C11H11N7O3S. The molecule has 3 heterocycles. The van der Waals surface area contributed by atoms with Gasteiger partial charge in [-0.3, -0.25) is 4.98 Å². The standard InChI is InChI=1S/C11H11N7O3S/c1-21-6-3-4-13-7(5-6)8-14-10-16-11(22(2,19)20)15-9(12)18(10)17-8/h3-5H,1-2H3,(H2,12,14,15,16,17). The van der Waals surface area contributed by atoms with Gasteiger partial charge in [0, 0.05) is 18.5 Å². The van der Waals surface area contributed by atoms with E-state index in [2.05, 4.69) is 25.0 Å². The minimum Gasteiger partial charge on any atom is -0.497 e. The molecule has 0 amide bonds. The minimum atomic E-state index is -3.60. The van der Waals surface area contributed by atoms with Gasteiger partial charge in [-0.25, -0.2) is 8.42 Å². The number of rotatable bonds is 3. The molecule has 0 saturated heterocycles. The Kier molecular flexibility index (Phi) is 3.13. The molecule has 10 nitrogen and oxygen atoms in total. The molecule has 2 N–H and O–H groups in total. The highest BCUT2D eigenvalue weighted by Gasteiger charge is 2.18. The van der Waals surface area contributed by atoms with E-state index in [-0.39, 0.29) is 17.6 Å². The topological polar surface area (TPSA) is 138 Å². The van der Waals surface area contributed by atoms with Crippen LogP contribution in [-0.4, -0.2) is 51.3 Å². The molecule has 0 aliphatic carbocycles. The van der Waals surface area contributed by atoms with Crippen molar-refractivity contribution in [3.8, 4) is 17.3 Å². The summed E-state index contributed by atoms with van der Waals surface area (Å²) < 4.78 is 29.3. The second-order valence-electron chi connectivity index (χ2n) is 4.36. The zero-order valence-corrected chi connectivity index (χ0v) is 12.4. The monoisotopic (exact) mass is 321 g/mol. The van der Waals surface area contributed by atoms with E-state index in [1.54, 1.807) is 12.1 Å². The Bertz CT molecular complexity index is 967. The highest BCUT2D eigenvalue weighted by Crippen LogP contribution is 2.19. The van der Waals surface area contributed by atoms with E-state index < -0.39 is 15.0 Å². The number of nitrogens with two attached hydrogens (primary N) is 1. The summed E-state index contributed by atoms with van der Waals surface area (Å²) in [6.45, 7) is 0. The highest BCUT2D eigenvalue weighted by atomic mass is 32.2. The van der Waals surface area contributed by atoms with Crippen molar-refractivity contribution in [2.45, 2.75) is 5.16 Å². The van der Waals surface area contributed by atoms with Crippen LogP contribution in [0.15, 0.2) is 23.5 Å². The van der Waals surface area contributed by atoms with Gasteiger partial charge in [0.25, 0.3) is 10.9 Å². The molecule has 3 aromatic rings. The number of sulfone groups is 1. The van der Waals surface area contributed by atoms with Gasteiger partial charge < -0.3 is 10.5 Å². The van der Waals surface area contributed by atoms with Gasteiger partial charge in [-0.1, -0.05) is 0 Å². The van der Waals surface area contributed by atoms with Gasteiger partial charge in [0.05, 0.1) is 7.11 Å². The van der Waals surface area contributed by atoms with E-state index in [9.17, 15) is 8.42 Å². The number of anilines is 1. The second kappa shape index (κ2) is 4.87. The van der Waals surface area contributed by atoms with Crippen LogP contribution < -0.4 is 10.5 Å². The fourth-order valence-corrected chi connectivity index (χ4v) is 2.23. The Morgan fingerprint density at radius 3 is 2.73 bits per heavy atom. The number of hydrogen-bond donors (Lipinski definition) is 1. The summed E-state index contributed by atoms with van der Waals surface area (Å²) in [5.74, 6) is 0.699. The van der Waals surface area contributed by atoms with Crippen LogP contribution in [0.25, 0.3) is 17.3 Å². The van der Waals surface area contributed by atoms with Crippen molar-refractivity contribution >= 4 is 21.6 Å².